The molecule has 1 unspecified atom stereocenters. The molecule has 61 heavy (non-hydrogen) atoms. The standard InChI is InChI=1S/C47H61N3O11/c1-3-22-58-47-41(50(45(53)31-15-16-31)28-30-14-18-39-40(24-30)57-29-56-39)27-37(49-61-42-13-7-10-23-55-42)35-25-32(11-5-8-20-51)34(12-6-9-21-52)43(44(35)47)36-26-33(17-19-38(36)60-47)59-46(54)48-4-2/h3,14,17-19,24-26,31-32,34,41-44,51-52H,1,4-13,15-16,20-23,27-29H2,2H3,(H,48,54)/t32-,34+,41-,42?,43+,44+,47+/m0/s1. The maximum atomic E-state index is 14.9. The molecular formula is C47H61N3O11. The number of allylic oxidation sites excluding steroid dienone is 1. The van der Waals surface area contributed by atoms with E-state index in [1.807, 2.05) is 42.2 Å². The Morgan fingerprint density at radius 3 is 2.56 bits per heavy atom. The quantitative estimate of drug-likeness (QED) is 0.0749. The van der Waals surface area contributed by atoms with Gasteiger partial charge >= 0.3 is 6.09 Å². The van der Waals surface area contributed by atoms with E-state index in [2.05, 4.69) is 18.0 Å². The van der Waals surface area contributed by atoms with E-state index in [1.54, 1.807) is 12.1 Å². The van der Waals surface area contributed by atoms with Crippen LogP contribution in [-0.4, -0.2) is 90.7 Å². The summed E-state index contributed by atoms with van der Waals surface area (Å²) in [7, 11) is 0. The van der Waals surface area contributed by atoms with Crippen molar-refractivity contribution in [2.75, 3.05) is 39.8 Å². The summed E-state index contributed by atoms with van der Waals surface area (Å²) in [5.41, 5.74) is 3.37. The molecule has 2 aromatic carbocycles. The van der Waals surface area contributed by atoms with Gasteiger partial charge < -0.3 is 53.7 Å². The van der Waals surface area contributed by atoms with E-state index in [-0.39, 0.29) is 69.2 Å². The van der Waals surface area contributed by atoms with E-state index >= 15 is 0 Å². The van der Waals surface area contributed by atoms with Gasteiger partial charge in [0.2, 0.25) is 24.8 Å². The van der Waals surface area contributed by atoms with Gasteiger partial charge in [-0.2, -0.15) is 0 Å². The SMILES string of the molecule is C=CCO[C@@]12Oc3ccc(OC(=O)NCC)cc3[C@H]3[C@H](CCCCO)[C@@H](CCCCO)C=C(C(=NOC4CCCCO4)C[C@@H]1N(Cc1ccc4c(c1)OCO4)C(=O)C1CC1)[C@H]32. The molecule has 3 heterocycles. The minimum absolute atomic E-state index is 0.0112. The first-order valence-electron chi connectivity index (χ1n) is 22.4. The number of fused-ring (bicyclic) bond motifs is 3. The Morgan fingerprint density at radius 1 is 1.00 bits per heavy atom. The van der Waals surface area contributed by atoms with Gasteiger partial charge in [-0.1, -0.05) is 36.2 Å². The minimum atomic E-state index is -1.42. The highest BCUT2D eigenvalue weighted by Gasteiger charge is 2.66. The third-order valence-corrected chi connectivity index (χ3v) is 13.0. The number of ether oxygens (including phenoxy) is 6. The van der Waals surface area contributed by atoms with Gasteiger partial charge in [0.15, 0.2) is 11.5 Å². The lowest BCUT2D eigenvalue weighted by Gasteiger charge is -2.60. The van der Waals surface area contributed by atoms with Gasteiger partial charge in [0, 0.05) is 56.5 Å². The molecule has 0 spiro atoms. The van der Waals surface area contributed by atoms with Crippen molar-refractivity contribution in [3.63, 3.8) is 0 Å². The third kappa shape index (κ3) is 9.28. The summed E-state index contributed by atoms with van der Waals surface area (Å²) in [5, 5.41) is 27.6. The van der Waals surface area contributed by atoms with Gasteiger partial charge in [-0.05, 0) is 112 Å². The van der Waals surface area contributed by atoms with Gasteiger partial charge in [-0.15, -0.1) is 6.58 Å². The Kier molecular flexibility index (Phi) is 13.8. The van der Waals surface area contributed by atoms with Crippen LogP contribution < -0.4 is 24.3 Å². The molecule has 8 rings (SSSR count). The molecule has 3 aliphatic heterocycles. The number of hydrogen-bond donors (Lipinski definition) is 3. The van der Waals surface area contributed by atoms with Gasteiger partial charge in [0.1, 0.15) is 17.5 Å². The second-order valence-corrected chi connectivity index (χ2v) is 17.0. The molecule has 0 radical (unpaired) electrons. The second-order valence-electron chi connectivity index (χ2n) is 17.0. The van der Waals surface area contributed by atoms with Crippen molar-refractivity contribution in [3.8, 4) is 23.0 Å². The maximum absolute atomic E-state index is 14.9. The van der Waals surface area contributed by atoms with Crippen LogP contribution in [0.1, 0.15) is 101 Å². The lowest BCUT2D eigenvalue weighted by Crippen LogP contribution is -2.70. The maximum Gasteiger partial charge on any atom is 0.412 e. The van der Waals surface area contributed by atoms with Gasteiger partial charge in [-0.25, -0.2) is 4.79 Å². The zero-order valence-electron chi connectivity index (χ0n) is 35.3. The number of nitrogens with one attached hydrogen (secondary N) is 1. The molecule has 3 aliphatic carbocycles. The van der Waals surface area contributed by atoms with Crippen LogP contribution in [0.2, 0.25) is 0 Å². The van der Waals surface area contributed by atoms with Crippen molar-refractivity contribution >= 4 is 17.7 Å². The number of aliphatic hydroxyl groups excluding tert-OH is 2. The Hall–Kier alpha value is -4.63. The number of carbonyl (C=O) groups is 2. The predicted molar refractivity (Wildman–Crippen MR) is 225 cm³/mol. The van der Waals surface area contributed by atoms with Crippen molar-refractivity contribution < 1.29 is 53.1 Å². The fraction of sp³-hybridized carbons (Fsp3) is 0.596. The molecule has 2 amide bonds. The number of rotatable bonds is 19. The summed E-state index contributed by atoms with van der Waals surface area (Å²) < 4.78 is 37.8. The average Bonchev–Trinajstić information content (AvgIpc) is 4.02. The highest BCUT2D eigenvalue weighted by atomic mass is 16.8. The van der Waals surface area contributed by atoms with Crippen LogP contribution in [0.15, 0.2) is 65.9 Å². The molecule has 14 heteroatoms. The fourth-order valence-corrected chi connectivity index (χ4v) is 10.1. The summed E-state index contributed by atoms with van der Waals surface area (Å²) in [6, 6.07) is 10.6. The lowest BCUT2D eigenvalue weighted by atomic mass is 9.55. The van der Waals surface area contributed by atoms with Gasteiger partial charge in [0.25, 0.3) is 0 Å². The number of aliphatic hydroxyl groups is 2. The molecular weight excluding hydrogens is 783 g/mol. The van der Waals surface area contributed by atoms with E-state index in [0.717, 1.165) is 74.5 Å². The zero-order chi connectivity index (χ0) is 42.3. The normalized spacial score (nSPS) is 27.9. The van der Waals surface area contributed by atoms with E-state index in [0.29, 0.717) is 54.7 Å². The van der Waals surface area contributed by atoms with Crippen molar-refractivity contribution in [1.29, 1.82) is 0 Å². The molecule has 0 bridgehead atoms. The largest absolute Gasteiger partial charge is 0.459 e. The van der Waals surface area contributed by atoms with Crippen LogP contribution >= 0.6 is 0 Å². The summed E-state index contributed by atoms with van der Waals surface area (Å²) in [6.45, 7) is 7.60. The minimum Gasteiger partial charge on any atom is -0.459 e. The molecule has 2 saturated carbocycles. The molecule has 7 atom stereocenters. The number of unbranched alkanes of at least 4 members (excludes halogenated alkanes) is 2. The Labute approximate surface area is 358 Å². The second kappa shape index (κ2) is 19.6. The molecule has 1 saturated heterocycles. The smallest absolute Gasteiger partial charge is 0.412 e. The Morgan fingerprint density at radius 2 is 1.80 bits per heavy atom. The average molecular weight is 844 g/mol. The van der Waals surface area contributed by atoms with E-state index < -0.39 is 30.1 Å². The Bertz CT molecular complexity index is 1940. The van der Waals surface area contributed by atoms with Crippen LogP contribution in [-0.2, 0) is 25.7 Å². The van der Waals surface area contributed by atoms with E-state index in [9.17, 15) is 19.8 Å². The molecule has 330 valence electrons. The fourth-order valence-electron chi connectivity index (χ4n) is 10.1. The molecule has 14 nitrogen and oxygen atoms in total. The van der Waals surface area contributed by atoms with Crippen LogP contribution in [0, 0.1) is 23.7 Å². The lowest BCUT2D eigenvalue weighted by molar-refractivity contribution is -0.258. The van der Waals surface area contributed by atoms with Gasteiger partial charge in [0.05, 0.1) is 24.8 Å². The monoisotopic (exact) mass is 843 g/mol. The summed E-state index contributed by atoms with van der Waals surface area (Å²) in [5.74, 6) is -0.0229. The van der Waals surface area contributed by atoms with Crippen LogP contribution in [0.4, 0.5) is 4.79 Å². The van der Waals surface area contributed by atoms with Crippen LogP contribution in [0.3, 0.4) is 0 Å². The molecule has 0 aromatic heterocycles. The third-order valence-electron chi connectivity index (χ3n) is 13.0. The van der Waals surface area contributed by atoms with E-state index in [1.165, 1.54) is 0 Å². The van der Waals surface area contributed by atoms with Crippen LogP contribution in [0.25, 0.3) is 0 Å². The summed E-state index contributed by atoms with van der Waals surface area (Å²) in [4.78, 5) is 35.9. The highest BCUT2D eigenvalue weighted by Crippen LogP contribution is 2.62. The number of hydrogen-bond acceptors (Lipinski definition) is 12. The molecule has 6 aliphatic rings. The topological polar surface area (TPSA) is 167 Å². The molecule has 3 N–H and O–H groups in total. The molecule has 3 fully saturated rings. The number of amides is 2. The summed E-state index contributed by atoms with van der Waals surface area (Å²) in [6.07, 6.45) is 12.0. The number of carbonyl (C=O) groups excluding carboxylic acids is 2. The summed E-state index contributed by atoms with van der Waals surface area (Å²) >= 11 is 0. The van der Waals surface area contributed by atoms with Crippen molar-refractivity contribution in [1.82, 2.24) is 10.2 Å². The van der Waals surface area contributed by atoms with E-state index in [4.69, 9.17) is 38.4 Å². The zero-order valence-corrected chi connectivity index (χ0v) is 35.3. The number of nitrogens with zero attached hydrogens (tertiary/aromatic N) is 2. The van der Waals surface area contributed by atoms with Crippen molar-refractivity contribution in [2.24, 2.45) is 28.8 Å². The van der Waals surface area contributed by atoms with Gasteiger partial charge in [-0.3, -0.25) is 4.79 Å². The van der Waals surface area contributed by atoms with Crippen molar-refractivity contribution in [2.45, 2.75) is 115 Å². The first-order valence-corrected chi connectivity index (χ1v) is 22.4. The highest BCUT2D eigenvalue weighted by molar-refractivity contribution is 6.03. The predicted octanol–water partition coefficient (Wildman–Crippen LogP) is 7.12. The number of oxime groups is 1. The number of benzene rings is 2. The first-order chi connectivity index (χ1) is 29.9. The Balaban J connectivity index is 1.32. The van der Waals surface area contributed by atoms with Crippen molar-refractivity contribution in [3.05, 3.63) is 71.8 Å². The first kappa shape index (κ1) is 43.0. The molecule has 2 aromatic rings. The van der Waals surface area contributed by atoms with Crippen LogP contribution in [0.5, 0.6) is 23.0 Å².